The summed E-state index contributed by atoms with van der Waals surface area (Å²) in [5, 5.41) is 8.88. The Morgan fingerprint density at radius 3 is 2.16 bits per heavy atom. The number of nitrogens with zero attached hydrogens (tertiary/aromatic N) is 3. The van der Waals surface area contributed by atoms with E-state index in [1.165, 1.54) is 0 Å². The minimum atomic E-state index is -1.02. The lowest BCUT2D eigenvalue weighted by Gasteiger charge is -2.22. The first-order chi connectivity index (χ1) is 9.15. The molecule has 0 unspecified atom stereocenters. The van der Waals surface area contributed by atoms with Crippen LogP contribution in [0.15, 0.2) is 24.8 Å². The van der Waals surface area contributed by atoms with E-state index in [2.05, 4.69) is 19.9 Å². The van der Waals surface area contributed by atoms with Gasteiger partial charge in [-0.2, -0.15) is 0 Å². The number of H-pyrrole nitrogens is 2. The van der Waals surface area contributed by atoms with Gasteiger partial charge in [-0.3, -0.25) is 9.69 Å². The third kappa shape index (κ3) is 3.90. The van der Waals surface area contributed by atoms with Gasteiger partial charge in [0.2, 0.25) is 0 Å². The van der Waals surface area contributed by atoms with Crippen molar-refractivity contribution in [1.29, 1.82) is 0 Å². The van der Waals surface area contributed by atoms with Gasteiger partial charge in [0.15, 0.2) is 0 Å². The number of nitrogens with one attached hydrogen (secondary N) is 2. The van der Waals surface area contributed by atoms with Crippen molar-refractivity contribution >= 4 is 5.97 Å². The van der Waals surface area contributed by atoms with E-state index in [0.717, 1.165) is 11.6 Å². The molecule has 2 heterocycles. The maximum atomic E-state index is 10.8. The largest absolute Gasteiger partial charge is 0.480 e. The number of hydrogen-bond acceptors (Lipinski definition) is 5. The van der Waals surface area contributed by atoms with E-state index >= 15 is 0 Å². The van der Waals surface area contributed by atoms with Gasteiger partial charge in [-0.05, 0) is 0 Å². The molecule has 2 aromatic heterocycles. The molecule has 0 bridgehead atoms. The van der Waals surface area contributed by atoms with Gasteiger partial charge in [-0.1, -0.05) is 0 Å². The van der Waals surface area contributed by atoms with Crippen LogP contribution in [0.1, 0.15) is 11.6 Å². The Bertz CT molecular complexity index is 459. The Kier molecular flexibility index (Phi) is 4.26. The second-order valence-corrected chi connectivity index (χ2v) is 4.19. The number of aliphatic carboxylic acids is 1. The first kappa shape index (κ1) is 13.2. The normalized spacial score (nSPS) is 12.7. The highest BCUT2D eigenvalue weighted by Gasteiger charge is 2.18. The molecule has 0 amide bonds. The van der Waals surface area contributed by atoms with Gasteiger partial charge < -0.3 is 20.8 Å². The first-order valence-corrected chi connectivity index (χ1v) is 5.82. The fraction of sp³-hybridized carbons (Fsp3) is 0.364. The van der Waals surface area contributed by atoms with Crippen molar-refractivity contribution < 1.29 is 9.90 Å². The smallest absolute Gasteiger partial charge is 0.321 e. The van der Waals surface area contributed by atoms with Crippen molar-refractivity contribution in [2.24, 2.45) is 5.73 Å². The van der Waals surface area contributed by atoms with E-state index in [9.17, 15) is 4.79 Å². The maximum absolute atomic E-state index is 10.8. The van der Waals surface area contributed by atoms with Crippen LogP contribution in [0.3, 0.4) is 0 Å². The Balaban J connectivity index is 2.01. The molecule has 0 saturated carbocycles. The van der Waals surface area contributed by atoms with Crippen LogP contribution in [0.25, 0.3) is 0 Å². The molecular formula is C11H16N6O2. The molecule has 0 saturated heterocycles. The molecule has 8 heteroatoms. The zero-order valence-electron chi connectivity index (χ0n) is 10.3. The number of aromatic amines is 2. The number of carboxylic acid groups (broad SMARTS) is 1. The highest BCUT2D eigenvalue weighted by molar-refractivity contribution is 5.73. The minimum absolute atomic E-state index is 0.219. The van der Waals surface area contributed by atoms with E-state index in [4.69, 9.17) is 10.8 Å². The van der Waals surface area contributed by atoms with Crippen LogP contribution >= 0.6 is 0 Å². The zero-order valence-corrected chi connectivity index (χ0v) is 10.3. The summed E-state index contributed by atoms with van der Waals surface area (Å²) < 4.78 is 0. The van der Waals surface area contributed by atoms with Crippen molar-refractivity contribution in [3.05, 3.63) is 36.4 Å². The lowest BCUT2D eigenvalue weighted by atomic mass is 10.3. The van der Waals surface area contributed by atoms with E-state index in [1.54, 1.807) is 24.8 Å². The maximum Gasteiger partial charge on any atom is 0.321 e. The molecule has 0 aromatic carbocycles. The molecule has 0 aliphatic heterocycles. The topological polar surface area (TPSA) is 124 Å². The molecule has 2 rings (SSSR count). The molecule has 102 valence electrons. The number of aromatic nitrogens is 4. The monoisotopic (exact) mass is 264 g/mol. The fourth-order valence-corrected chi connectivity index (χ4v) is 1.73. The average molecular weight is 264 g/mol. The van der Waals surface area contributed by atoms with Crippen molar-refractivity contribution in [2.45, 2.75) is 19.1 Å². The molecule has 0 aliphatic carbocycles. The number of nitrogens with two attached hydrogens (primary N) is 1. The second-order valence-electron chi connectivity index (χ2n) is 4.19. The van der Waals surface area contributed by atoms with E-state index in [-0.39, 0.29) is 6.54 Å². The molecule has 0 spiro atoms. The molecule has 0 radical (unpaired) electrons. The van der Waals surface area contributed by atoms with Crippen molar-refractivity contribution in [1.82, 2.24) is 24.8 Å². The first-order valence-electron chi connectivity index (χ1n) is 5.82. The SMILES string of the molecule is N[C@H](CN(Cc1ncc[nH]1)Cc1ncc[nH]1)C(=O)O. The van der Waals surface area contributed by atoms with E-state index in [1.807, 2.05) is 4.90 Å². The molecule has 5 N–H and O–H groups in total. The fourth-order valence-electron chi connectivity index (χ4n) is 1.73. The number of imidazole rings is 2. The number of rotatable bonds is 7. The Labute approximate surface area is 109 Å². The van der Waals surface area contributed by atoms with Crippen LogP contribution in [0.2, 0.25) is 0 Å². The summed E-state index contributed by atoms with van der Waals surface area (Å²) in [5.74, 6) is 0.483. The Hall–Kier alpha value is -2.19. The summed E-state index contributed by atoms with van der Waals surface area (Å²) in [5.41, 5.74) is 5.57. The number of carboxylic acids is 1. The van der Waals surface area contributed by atoms with Crippen LogP contribution in [0.4, 0.5) is 0 Å². The summed E-state index contributed by atoms with van der Waals surface area (Å²) in [6.07, 6.45) is 6.74. The molecular weight excluding hydrogens is 248 g/mol. The molecule has 8 nitrogen and oxygen atoms in total. The second kappa shape index (κ2) is 6.12. The van der Waals surface area contributed by atoms with Crippen LogP contribution in [0.5, 0.6) is 0 Å². The minimum Gasteiger partial charge on any atom is -0.480 e. The lowest BCUT2D eigenvalue weighted by molar-refractivity contribution is -0.139. The van der Waals surface area contributed by atoms with E-state index in [0.29, 0.717) is 13.1 Å². The molecule has 1 atom stereocenters. The molecule has 2 aromatic rings. The summed E-state index contributed by atoms with van der Waals surface area (Å²) in [6.45, 7) is 1.18. The predicted molar refractivity (Wildman–Crippen MR) is 66.9 cm³/mol. The molecule has 0 aliphatic rings. The van der Waals surface area contributed by atoms with Crippen LogP contribution in [-0.2, 0) is 17.9 Å². The Morgan fingerprint density at radius 1 is 1.26 bits per heavy atom. The van der Waals surface area contributed by atoms with Gasteiger partial charge in [-0.25, -0.2) is 9.97 Å². The third-order valence-electron chi connectivity index (χ3n) is 2.63. The van der Waals surface area contributed by atoms with Crippen molar-refractivity contribution in [2.75, 3.05) is 6.54 Å². The van der Waals surface area contributed by atoms with Crippen LogP contribution in [-0.4, -0.2) is 48.5 Å². The molecule has 19 heavy (non-hydrogen) atoms. The summed E-state index contributed by atoms with van der Waals surface area (Å²) in [6, 6.07) is -0.940. The average Bonchev–Trinajstić information content (AvgIpc) is 3.01. The van der Waals surface area contributed by atoms with E-state index < -0.39 is 12.0 Å². The summed E-state index contributed by atoms with van der Waals surface area (Å²) in [4.78, 5) is 26.9. The predicted octanol–water partition coefficient (Wildman–Crippen LogP) is -0.453. The van der Waals surface area contributed by atoms with Crippen molar-refractivity contribution in [3.63, 3.8) is 0 Å². The highest BCUT2D eigenvalue weighted by atomic mass is 16.4. The zero-order chi connectivity index (χ0) is 13.7. The summed E-state index contributed by atoms with van der Waals surface area (Å²) >= 11 is 0. The van der Waals surface area contributed by atoms with Gasteiger partial charge >= 0.3 is 5.97 Å². The third-order valence-corrected chi connectivity index (χ3v) is 2.63. The lowest BCUT2D eigenvalue weighted by Crippen LogP contribution is -2.42. The van der Waals surface area contributed by atoms with Crippen molar-refractivity contribution in [3.8, 4) is 0 Å². The van der Waals surface area contributed by atoms with Gasteiger partial charge in [-0.15, -0.1) is 0 Å². The van der Waals surface area contributed by atoms with Gasteiger partial charge in [0.05, 0.1) is 13.1 Å². The van der Waals surface area contributed by atoms with Gasteiger partial charge in [0.25, 0.3) is 0 Å². The highest BCUT2D eigenvalue weighted by Crippen LogP contribution is 2.04. The number of carbonyl (C=O) groups is 1. The van der Waals surface area contributed by atoms with Gasteiger partial charge in [0.1, 0.15) is 17.7 Å². The standard InChI is InChI=1S/C11H16N6O2/c12-8(11(18)19)5-17(6-9-13-1-2-14-9)7-10-15-3-4-16-10/h1-4,8H,5-7,12H2,(H,13,14)(H,15,16)(H,18,19)/t8-/m1/s1. The quantitative estimate of drug-likeness (QED) is 0.537. The molecule has 0 fully saturated rings. The number of hydrogen-bond donors (Lipinski definition) is 4. The van der Waals surface area contributed by atoms with Gasteiger partial charge in [0, 0.05) is 31.3 Å². The van der Waals surface area contributed by atoms with Crippen LogP contribution < -0.4 is 5.73 Å². The summed E-state index contributed by atoms with van der Waals surface area (Å²) in [7, 11) is 0. The van der Waals surface area contributed by atoms with Crippen LogP contribution in [0, 0.1) is 0 Å². The Morgan fingerprint density at radius 2 is 1.79 bits per heavy atom.